The summed E-state index contributed by atoms with van der Waals surface area (Å²) in [6, 6.07) is 6.97. The summed E-state index contributed by atoms with van der Waals surface area (Å²) >= 11 is 2.53. The molecule has 0 aliphatic carbocycles. The second-order valence-corrected chi connectivity index (χ2v) is 8.50. The van der Waals surface area contributed by atoms with Crippen LogP contribution in [-0.2, 0) is 12.6 Å². The number of nitrogens with zero attached hydrogens (tertiary/aromatic N) is 2. The van der Waals surface area contributed by atoms with Crippen molar-refractivity contribution in [2.45, 2.75) is 23.8 Å². The highest BCUT2D eigenvalue weighted by Crippen LogP contribution is 2.29. The van der Waals surface area contributed by atoms with Gasteiger partial charge in [0, 0.05) is 35.2 Å². The molecule has 1 aliphatic rings. The maximum absolute atomic E-state index is 13.3. The maximum Gasteiger partial charge on any atom is 0.433 e. The molecule has 29 heavy (non-hydrogen) atoms. The van der Waals surface area contributed by atoms with Crippen LogP contribution in [0.2, 0.25) is 0 Å². The van der Waals surface area contributed by atoms with Crippen LogP contribution in [0.4, 0.5) is 17.6 Å². The molecular formula is C18H14F4N4OS2. The van der Waals surface area contributed by atoms with Crippen molar-refractivity contribution in [3.05, 3.63) is 57.9 Å². The number of aliphatic imine (C=N–C) groups is 1. The summed E-state index contributed by atoms with van der Waals surface area (Å²) in [5.41, 5.74) is -0.385. The Balaban J connectivity index is 1.40. The van der Waals surface area contributed by atoms with Gasteiger partial charge >= 0.3 is 6.18 Å². The van der Waals surface area contributed by atoms with E-state index in [1.54, 1.807) is 6.07 Å². The van der Waals surface area contributed by atoms with Crippen molar-refractivity contribution in [3.63, 3.8) is 0 Å². The summed E-state index contributed by atoms with van der Waals surface area (Å²) in [6.07, 6.45) is -4.02. The molecule has 0 spiro atoms. The van der Waals surface area contributed by atoms with E-state index in [4.69, 9.17) is 0 Å². The normalized spacial score (nSPS) is 17.1. The Morgan fingerprint density at radius 3 is 2.83 bits per heavy atom. The molecule has 0 saturated carbocycles. The van der Waals surface area contributed by atoms with Gasteiger partial charge in [0.15, 0.2) is 10.9 Å². The molecule has 0 saturated heterocycles. The predicted octanol–water partition coefficient (Wildman–Crippen LogP) is 4.26. The molecule has 0 radical (unpaired) electrons. The minimum atomic E-state index is -4.67. The lowest BCUT2D eigenvalue weighted by molar-refractivity contribution is -0.141. The number of nitrogens with one attached hydrogen (secondary N) is 2. The Morgan fingerprint density at radius 1 is 1.21 bits per heavy atom. The molecule has 1 unspecified atom stereocenters. The number of alkyl halides is 3. The Bertz CT molecular complexity index is 1140. The summed E-state index contributed by atoms with van der Waals surface area (Å²) < 4.78 is 51.6. The van der Waals surface area contributed by atoms with E-state index in [-0.39, 0.29) is 17.0 Å². The zero-order chi connectivity index (χ0) is 20.6. The topological polar surface area (TPSA) is 73.9 Å². The van der Waals surface area contributed by atoms with Crippen LogP contribution in [0.1, 0.15) is 11.4 Å². The fourth-order valence-electron chi connectivity index (χ4n) is 2.96. The lowest BCUT2D eigenvalue weighted by Gasteiger charge is -2.06. The van der Waals surface area contributed by atoms with E-state index in [9.17, 15) is 22.4 Å². The van der Waals surface area contributed by atoms with Crippen LogP contribution in [0.15, 0.2) is 45.3 Å². The number of aromatic nitrogens is 3. The average Bonchev–Trinajstić information content (AvgIpc) is 3.25. The molecule has 3 heterocycles. The van der Waals surface area contributed by atoms with Crippen LogP contribution in [0.25, 0.3) is 10.9 Å². The number of H-pyrrole nitrogens is 2. The Hall–Kier alpha value is -2.27. The zero-order valence-electron chi connectivity index (χ0n) is 14.7. The largest absolute Gasteiger partial charge is 0.433 e. The number of hydrogen-bond acceptors (Lipinski definition) is 5. The van der Waals surface area contributed by atoms with Gasteiger partial charge in [-0.25, -0.2) is 9.37 Å². The first-order valence-electron chi connectivity index (χ1n) is 8.54. The molecule has 1 atom stereocenters. The van der Waals surface area contributed by atoms with Gasteiger partial charge in [0.2, 0.25) is 0 Å². The fourth-order valence-corrected chi connectivity index (χ4v) is 4.94. The molecule has 2 N–H and O–H groups in total. The number of fused-ring (bicyclic) bond motifs is 1. The Morgan fingerprint density at radius 2 is 2.03 bits per heavy atom. The third-order valence-corrected chi connectivity index (χ3v) is 6.41. The maximum atomic E-state index is 13.3. The SMILES string of the molecule is O=c1cc(C(F)(F)F)nc(SCC2=NC(Cc3cc4ccc(F)cc4[nH]3)CS2)[nH]1. The monoisotopic (exact) mass is 442 g/mol. The molecule has 4 rings (SSSR count). The molecule has 2 aromatic heterocycles. The van der Waals surface area contributed by atoms with E-state index in [0.717, 1.165) is 39.2 Å². The van der Waals surface area contributed by atoms with Crippen molar-refractivity contribution in [1.29, 1.82) is 0 Å². The van der Waals surface area contributed by atoms with Gasteiger partial charge in [0.25, 0.3) is 5.56 Å². The molecule has 0 fully saturated rings. The minimum absolute atomic E-state index is 0.0158. The predicted molar refractivity (Wildman–Crippen MR) is 106 cm³/mol. The number of rotatable bonds is 5. The smallest absolute Gasteiger partial charge is 0.358 e. The van der Waals surface area contributed by atoms with Crippen molar-refractivity contribution in [2.75, 3.05) is 11.5 Å². The van der Waals surface area contributed by atoms with Crippen molar-refractivity contribution >= 4 is 39.5 Å². The van der Waals surface area contributed by atoms with Gasteiger partial charge in [-0.05, 0) is 29.7 Å². The Labute approximate surface area is 170 Å². The number of hydrogen-bond donors (Lipinski definition) is 2. The van der Waals surface area contributed by atoms with E-state index in [1.807, 2.05) is 6.07 Å². The van der Waals surface area contributed by atoms with Crippen LogP contribution < -0.4 is 5.56 Å². The van der Waals surface area contributed by atoms with Gasteiger partial charge in [0.05, 0.1) is 11.1 Å². The van der Waals surface area contributed by atoms with Crippen LogP contribution >= 0.6 is 23.5 Å². The van der Waals surface area contributed by atoms with Crippen molar-refractivity contribution in [1.82, 2.24) is 15.0 Å². The molecule has 152 valence electrons. The summed E-state index contributed by atoms with van der Waals surface area (Å²) in [4.78, 5) is 25.0. The molecule has 1 aromatic carbocycles. The first kappa shape index (κ1) is 20.0. The van der Waals surface area contributed by atoms with Crippen LogP contribution in [0.3, 0.4) is 0 Å². The average molecular weight is 442 g/mol. The van der Waals surface area contributed by atoms with Gasteiger partial charge < -0.3 is 9.97 Å². The van der Waals surface area contributed by atoms with E-state index in [2.05, 4.69) is 19.9 Å². The standard InChI is InChI=1S/C18H14F4N4OS2/c19-10-2-1-9-3-11(23-13(9)4-10)5-12-7-28-16(24-12)8-29-17-25-14(18(20,21)22)6-15(27)26-17/h1-4,6,12,23H,5,7-8H2,(H,25,26,27). The van der Waals surface area contributed by atoms with E-state index >= 15 is 0 Å². The third kappa shape index (κ3) is 4.84. The van der Waals surface area contributed by atoms with Gasteiger partial charge in [-0.2, -0.15) is 13.2 Å². The van der Waals surface area contributed by atoms with Crippen LogP contribution in [-0.4, -0.2) is 37.5 Å². The van der Waals surface area contributed by atoms with E-state index in [0.29, 0.717) is 18.2 Å². The lowest BCUT2D eigenvalue weighted by Crippen LogP contribution is -2.17. The quantitative estimate of drug-likeness (QED) is 0.352. The summed E-state index contributed by atoms with van der Waals surface area (Å²) in [5, 5.41) is 1.61. The van der Waals surface area contributed by atoms with Crippen molar-refractivity contribution in [2.24, 2.45) is 4.99 Å². The highest BCUT2D eigenvalue weighted by Gasteiger charge is 2.33. The molecule has 1 aliphatic heterocycles. The second kappa shape index (κ2) is 7.86. The van der Waals surface area contributed by atoms with Crippen molar-refractivity contribution in [3.8, 4) is 0 Å². The van der Waals surface area contributed by atoms with Gasteiger partial charge in [-0.1, -0.05) is 11.8 Å². The first-order chi connectivity index (χ1) is 13.8. The number of aromatic amines is 2. The van der Waals surface area contributed by atoms with Gasteiger partial charge in [-0.3, -0.25) is 9.79 Å². The second-order valence-electron chi connectivity index (χ2n) is 6.44. The van der Waals surface area contributed by atoms with E-state index < -0.39 is 17.4 Å². The summed E-state index contributed by atoms with van der Waals surface area (Å²) in [6.45, 7) is 0. The van der Waals surface area contributed by atoms with Gasteiger partial charge in [0.1, 0.15) is 5.82 Å². The van der Waals surface area contributed by atoms with Crippen molar-refractivity contribution < 1.29 is 17.6 Å². The number of thioether (sulfide) groups is 2. The summed E-state index contributed by atoms with van der Waals surface area (Å²) in [5.74, 6) is 0.760. The molecular weight excluding hydrogens is 428 g/mol. The Kier molecular flexibility index (Phi) is 5.43. The fraction of sp³-hybridized carbons (Fsp3) is 0.278. The molecule has 11 heteroatoms. The molecule has 5 nitrogen and oxygen atoms in total. The van der Waals surface area contributed by atoms with Crippen LogP contribution in [0, 0.1) is 5.82 Å². The molecule has 0 amide bonds. The lowest BCUT2D eigenvalue weighted by atomic mass is 10.2. The number of benzene rings is 1. The van der Waals surface area contributed by atoms with Gasteiger partial charge in [-0.15, -0.1) is 11.8 Å². The minimum Gasteiger partial charge on any atom is -0.358 e. The summed E-state index contributed by atoms with van der Waals surface area (Å²) in [7, 11) is 0. The first-order valence-corrected chi connectivity index (χ1v) is 10.5. The van der Waals surface area contributed by atoms with E-state index in [1.165, 1.54) is 23.9 Å². The molecule has 3 aromatic rings. The third-order valence-electron chi connectivity index (χ3n) is 4.21. The van der Waals surface area contributed by atoms with Crippen LogP contribution in [0.5, 0.6) is 0 Å². The zero-order valence-corrected chi connectivity index (χ0v) is 16.3. The number of halogens is 4. The highest BCUT2D eigenvalue weighted by atomic mass is 32.2. The highest BCUT2D eigenvalue weighted by molar-refractivity contribution is 8.16. The molecule has 0 bridgehead atoms.